The van der Waals surface area contributed by atoms with Crippen LogP contribution in [0.5, 0.6) is 5.75 Å². The molecule has 1 rings (SSSR count). The molecule has 0 aliphatic rings. The Morgan fingerprint density at radius 2 is 1.81 bits per heavy atom. The average Bonchev–Trinajstić information content (AvgIpc) is 2.33. The molecule has 5 nitrogen and oxygen atoms in total. The molecule has 1 amide bonds. The van der Waals surface area contributed by atoms with Crippen LogP contribution in [0.1, 0.15) is 25.0 Å². The summed E-state index contributed by atoms with van der Waals surface area (Å²) in [5, 5.41) is 13.3. The second-order valence-corrected chi connectivity index (χ2v) is 6.18. The molecule has 0 aliphatic heterocycles. The summed E-state index contributed by atoms with van der Waals surface area (Å²) in [6.45, 7) is 6.92. The fourth-order valence-corrected chi connectivity index (χ4v) is 2.66. The maximum atomic E-state index is 11.8. The standard InChI is InChI=1S/C15H20BrNO4/c1-8(2)13(15(19)20)17-12(18)7-21-14-9(3)5-11(16)6-10(14)4/h5-6,8,13H,7H2,1-4H3,(H,17,18)(H,19,20)/p-1/t13-/m0/s1. The average molecular weight is 357 g/mol. The number of aliphatic carboxylic acids is 1. The van der Waals surface area contributed by atoms with Crippen molar-refractivity contribution in [1.82, 2.24) is 5.32 Å². The number of carboxylic acid groups (broad SMARTS) is 1. The first-order valence-electron chi connectivity index (χ1n) is 6.62. The van der Waals surface area contributed by atoms with Crippen molar-refractivity contribution in [3.05, 3.63) is 27.7 Å². The van der Waals surface area contributed by atoms with Crippen LogP contribution in [-0.2, 0) is 9.59 Å². The molecular weight excluding hydrogens is 338 g/mol. The van der Waals surface area contributed by atoms with Crippen molar-refractivity contribution < 1.29 is 19.4 Å². The fraction of sp³-hybridized carbons (Fsp3) is 0.467. The number of hydrogen-bond acceptors (Lipinski definition) is 4. The van der Waals surface area contributed by atoms with E-state index in [4.69, 9.17) is 4.74 Å². The highest BCUT2D eigenvalue weighted by Gasteiger charge is 2.18. The number of hydrogen-bond donors (Lipinski definition) is 1. The normalized spacial score (nSPS) is 12.1. The first-order valence-corrected chi connectivity index (χ1v) is 7.41. The minimum Gasteiger partial charge on any atom is -0.548 e. The van der Waals surface area contributed by atoms with Crippen molar-refractivity contribution in [3.63, 3.8) is 0 Å². The summed E-state index contributed by atoms with van der Waals surface area (Å²) in [4.78, 5) is 22.7. The van der Waals surface area contributed by atoms with Gasteiger partial charge in [0.25, 0.3) is 5.91 Å². The van der Waals surface area contributed by atoms with Gasteiger partial charge in [0.1, 0.15) is 5.75 Å². The van der Waals surface area contributed by atoms with Gasteiger partial charge in [0.05, 0.1) is 12.0 Å². The number of carbonyl (C=O) groups excluding carboxylic acids is 2. The first-order chi connectivity index (χ1) is 9.72. The van der Waals surface area contributed by atoms with E-state index in [-0.39, 0.29) is 12.5 Å². The fourth-order valence-electron chi connectivity index (χ4n) is 1.98. The van der Waals surface area contributed by atoms with Gasteiger partial charge in [-0.1, -0.05) is 29.8 Å². The highest BCUT2D eigenvalue weighted by Crippen LogP contribution is 2.27. The van der Waals surface area contributed by atoms with E-state index in [1.807, 2.05) is 26.0 Å². The number of aryl methyl sites for hydroxylation is 2. The lowest BCUT2D eigenvalue weighted by Crippen LogP contribution is -2.51. The molecule has 0 radical (unpaired) electrons. The number of benzene rings is 1. The number of carboxylic acids is 1. The molecule has 0 spiro atoms. The topological polar surface area (TPSA) is 78.5 Å². The molecule has 0 bridgehead atoms. The molecule has 0 aliphatic carbocycles. The Kier molecular flexibility index (Phi) is 6.20. The number of nitrogens with one attached hydrogen (secondary N) is 1. The minimum atomic E-state index is -1.30. The van der Waals surface area contributed by atoms with Gasteiger partial charge in [-0.2, -0.15) is 0 Å². The van der Waals surface area contributed by atoms with Crippen LogP contribution >= 0.6 is 15.9 Å². The summed E-state index contributed by atoms with van der Waals surface area (Å²) in [5.74, 6) is -1.41. The third-order valence-electron chi connectivity index (χ3n) is 3.01. The second kappa shape index (κ2) is 7.45. The molecule has 116 valence electrons. The van der Waals surface area contributed by atoms with Crippen LogP contribution < -0.4 is 15.2 Å². The van der Waals surface area contributed by atoms with Crippen LogP contribution in [0.2, 0.25) is 0 Å². The number of carbonyl (C=O) groups is 2. The Morgan fingerprint density at radius 1 is 1.29 bits per heavy atom. The Hall–Kier alpha value is -1.56. The quantitative estimate of drug-likeness (QED) is 0.833. The van der Waals surface area contributed by atoms with Crippen molar-refractivity contribution >= 4 is 27.8 Å². The Bertz CT molecular complexity index is 519. The van der Waals surface area contributed by atoms with Gasteiger partial charge in [-0.05, 0) is 43.0 Å². The molecule has 0 heterocycles. The van der Waals surface area contributed by atoms with E-state index in [0.29, 0.717) is 5.75 Å². The molecule has 0 saturated heterocycles. The third-order valence-corrected chi connectivity index (χ3v) is 3.47. The predicted molar refractivity (Wildman–Crippen MR) is 80.9 cm³/mol. The van der Waals surface area contributed by atoms with Gasteiger partial charge in [-0.25, -0.2) is 0 Å². The lowest BCUT2D eigenvalue weighted by Gasteiger charge is -2.23. The molecule has 21 heavy (non-hydrogen) atoms. The first kappa shape index (κ1) is 17.5. The van der Waals surface area contributed by atoms with Crippen LogP contribution in [0.15, 0.2) is 16.6 Å². The summed E-state index contributed by atoms with van der Waals surface area (Å²) < 4.78 is 6.43. The van der Waals surface area contributed by atoms with Gasteiger partial charge in [0.15, 0.2) is 6.61 Å². The van der Waals surface area contributed by atoms with Crippen LogP contribution in [-0.4, -0.2) is 24.5 Å². The smallest absolute Gasteiger partial charge is 0.258 e. The van der Waals surface area contributed by atoms with E-state index in [1.54, 1.807) is 13.8 Å². The van der Waals surface area contributed by atoms with Gasteiger partial charge in [0.2, 0.25) is 0 Å². The van der Waals surface area contributed by atoms with Crippen molar-refractivity contribution in [1.29, 1.82) is 0 Å². The number of rotatable bonds is 6. The summed E-state index contributed by atoms with van der Waals surface area (Å²) in [6, 6.07) is 2.75. The van der Waals surface area contributed by atoms with Gasteiger partial charge in [-0.15, -0.1) is 0 Å². The molecule has 0 aromatic heterocycles. The summed E-state index contributed by atoms with van der Waals surface area (Å²) in [6.07, 6.45) is 0. The van der Waals surface area contributed by atoms with E-state index in [0.717, 1.165) is 15.6 Å². The van der Waals surface area contributed by atoms with E-state index in [9.17, 15) is 14.7 Å². The lowest BCUT2D eigenvalue weighted by molar-refractivity contribution is -0.309. The summed E-state index contributed by atoms with van der Waals surface area (Å²) in [5.41, 5.74) is 1.80. The van der Waals surface area contributed by atoms with Crippen LogP contribution in [0.4, 0.5) is 0 Å². The Balaban J connectivity index is 2.67. The van der Waals surface area contributed by atoms with Gasteiger partial charge >= 0.3 is 0 Å². The monoisotopic (exact) mass is 356 g/mol. The van der Waals surface area contributed by atoms with E-state index >= 15 is 0 Å². The summed E-state index contributed by atoms with van der Waals surface area (Å²) in [7, 11) is 0. The number of halogens is 1. The van der Waals surface area contributed by atoms with Gasteiger partial charge < -0.3 is 20.0 Å². The van der Waals surface area contributed by atoms with Crippen LogP contribution in [0, 0.1) is 19.8 Å². The van der Waals surface area contributed by atoms with Gasteiger partial charge in [-0.3, -0.25) is 4.79 Å². The highest BCUT2D eigenvalue weighted by molar-refractivity contribution is 9.10. The molecule has 0 unspecified atom stereocenters. The maximum absolute atomic E-state index is 11.8. The SMILES string of the molecule is Cc1cc(Br)cc(C)c1OCC(=O)N[C@H](C(=O)[O-])C(C)C. The van der Waals surface area contributed by atoms with E-state index < -0.39 is 17.9 Å². The van der Waals surface area contributed by atoms with Crippen LogP contribution in [0.3, 0.4) is 0 Å². The number of ether oxygens (including phenoxy) is 1. The van der Waals surface area contributed by atoms with Gasteiger partial charge in [0, 0.05) is 4.47 Å². The van der Waals surface area contributed by atoms with E-state index in [2.05, 4.69) is 21.2 Å². The zero-order valence-electron chi connectivity index (χ0n) is 12.5. The van der Waals surface area contributed by atoms with Crippen molar-refractivity contribution in [3.8, 4) is 5.75 Å². The molecule has 6 heteroatoms. The van der Waals surface area contributed by atoms with Crippen LogP contribution in [0.25, 0.3) is 0 Å². The van der Waals surface area contributed by atoms with Crippen molar-refractivity contribution in [2.45, 2.75) is 33.7 Å². The van der Waals surface area contributed by atoms with Crippen molar-refractivity contribution in [2.75, 3.05) is 6.61 Å². The minimum absolute atomic E-state index is 0.236. The van der Waals surface area contributed by atoms with Crippen molar-refractivity contribution in [2.24, 2.45) is 5.92 Å². The summed E-state index contributed by atoms with van der Waals surface area (Å²) >= 11 is 3.38. The molecule has 0 fully saturated rings. The number of amides is 1. The zero-order valence-corrected chi connectivity index (χ0v) is 14.1. The molecule has 1 atom stereocenters. The second-order valence-electron chi connectivity index (χ2n) is 5.27. The zero-order chi connectivity index (χ0) is 16.2. The largest absolute Gasteiger partial charge is 0.548 e. The molecule has 1 aromatic rings. The van der Waals surface area contributed by atoms with E-state index in [1.165, 1.54) is 0 Å². The predicted octanol–water partition coefficient (Wildman–Crippen LogP) is 1.34. The molecule has 1 aromatic carbocycles. The third kappa shape index (κ3) is 5.04. The molecular formula is C15H19BrNO4-. The Labute approximate surface area is 132 Å². The lowest BCUT2D eigenvalue weighted by atomic mass is 10.1. The molecule has 1 N–H and O–H groups in total. The molecule has 0 saturated carbocycles. The maximum Gasteiger partial charge on any atom is 0.258 e. The highest BCUT2D eigenvalue weighted by atomic mass is 79.9. The Morgan fingerprint density at radius 3 is 2.24 bits per heavy atom.